The van der Waals surface area contributed by atoms with Gasteiger partial charge in [-0.2, -0.15) is 0 Å². The standard InChI is InChI=1S/C15H17N3O/c1-2-3-8-17-15(19)13(16)9-11-10-18-14-7-5-4-6-12(11)14/h4-7,10,13,18H,8-9,16H2,1H3,(H,17,19)/t13-/m0/s1. The number of nitrogens with one attached hydrogen (secondary N) is 2. The van der Waals surface area contributed by atoms with Crippen LogP contribution in [0.4, 0.5) is 0 Å². The fraction of sp³-hybridized carbons (Fsp3) is 0.267. The molecule has 4 heteroatoms. The number of aromatic nitrogens is 1. The topological polar surface area (TPSA) is 70.9 Å². The first-order valence-corrected chi connectivity index (χ1v) is 6.20. The van der Waals surface area contributed by atoms with Gasteiger partial charge in [-0.15, -0.1) is 5.92 Å². The summed E-state index contributed by atoms with van der Waals surface area (Å²) >= 11 is 0. The number of hydrogen-bond acceptors (Lipinski definition) is 2. The summed E-state index contributed by atoms with van der Waals surface area (Å²) in [6, 6.07) is 7.41. The van der Waals surface area contributed by atoms with Crippen LogP contribution in [0.15, 0.2) is 30.5 Å². The van der Waals surface area contributed by atoms with Crippen molar-refractivity contribution in [3.05, 3.63) is 36.0 Å². The van der Waals surface area contributed by atoms with Crippen LogP contribution in [0.5, 0.6) is 0 Å². The lowest BCUT2D eigenvalue weighted by atomic mass is 10.1. The zero-order valence-corrected chi connectivity index (χ0v) is 10.9. The molecule has 0 aliphatic rings. The summed E-state index contributed by atoms with van der Waals surface area (Å²) in [6.45, 7) is 2.08. The van der Waals surface area contributed by atoms with Crippen LogP contribution in [0.1, 0.15) is 12.5 Å². The Morgan fingerprint density at radius 3 is 3.05 bits per heavy atom. The van der Waals surface area contributed by atoms with Crippen molar-refractivity contribution in [1.29, 1.82) is 0 Å². The van der Waals surface area contributed by atoms with E-state index in [1.807, 2.05) is 30.5 Å². The van der Waals surface area contributed by atoms with Crippen LogP contribution in [0, 0.1) is 11.8 Å². The molecular formula is C15H17N3O. The molecule has 0 saturated heterocycles. The average Bonchev–Trinajstić information content (AvgIpc) is 2.82. The smallest absolute Gasteiger partial charge is 0.238 e. The summed E-state index contributed by atoms with van der Waals surface area (Å²) in [6.07, 6.45) is 2.42. The number of fused-ring (bicyclic) bond motifs is 1. The zero-order valence-electron chi connectivity index (χ0n) is 10.9. The molecule has 1 heterocycles. The Bertz CT molecular complexity index is 633. The molecule has 0 spiro atoms. The highest BCUT2D eigenvalue weighted by Gasteiger charge is 2.15. The summed E-state index contributed by atoms with van der Waals surface area (Å²) in [4.78, 5) is 14.9. The fourth-order valence-corrected chi connectivity index (χ4v) is 1.98. The first kappa shape index (κ1) is 13.2. The number of H-pyrrole nitrogens is 1. The minimum absolute atomic E-state index is 0.173. The summed E-state index contributed by atoms with van der Waals surface area (Å²) in [5.41, 5.74) is 8.02. The van der Waals surface area contributed by atoms with E-state index in [1.54, 1.807) is 6.92 Å². The number of rotatable bonds is 4. The SMILES string of the molecule is CC#CCNC(=O)[C@@H](N)Cc1c[nH]c2ccccc12. The maximum Gasteiger partial charge on any atom is 0.238 e. The summed E-state index contributed by atoms with van der Waals surface area (Å²) in [7, 11) is 0. The van der Waals surface area contributed by atoms with Gasteiger partial charge in [0.1, 0.15) is 0 Å². The van der Waals surface area contributed by atoms with Crippen LogP contribution in [0.25, 0.3) is 10.9 Å². The maximum absolute atomic E-state index is 11.8. The second-order valence-corrected chi connectivity index (χ2v) is 4.31. The Hall–Kier alpha value is -2.25. The number of carbonyl (C=O) groups excluding carboxylic acids is 1. The lowest BCUT2D eigenvalue weighted by Gasteiger charge is -2.10. The molecule has 19 heavy (non-hydrogen) atoms. The van der Waals surface area contributed by atoms with Crippen LogP contribution < -0.4 is 11.1 Å². The summed E-state index contributed by atoms with van der Waals surface area (Å²) in [5.74, 6) is 5.33. The van der Waals surface area contributed by atoms with Crippen LogP contribution in [0.3, 0.4) is 0 Å². The average molecular weight is 255 g/mol. The van der Waals surface area contributed by atoms with Crippen LogP contribution in [-0.2, 0) is 11.2 Å². The molecule has 2 rings (SSSR count). The van der Waals surface area contributed by atoms with Crippen molar-refractivity contribution < 1.29 is 4.79 Å². The lowest BCUT2D eigenvalue weighted by molar-refractivity contribution is -0.122. The predicted octanol–water partition coefficient (Wildman–Crippen LogP) is 1.18. The molecule has 0 bridgehead atoms. The highest BCUT2D eigenvalue weighted by Crippen LogP contribution is 2.18. The largest absolute Gasteiger partial charge is 0.361 e. The monoisotopic (exact) mass is 255 g/mol. The van der Waals surface area contributed by atoms with Gasteiger partial charge in [-0.05, 0) is 25.0 Å². The molecule has 0 fully saturated rings. The highest BCUT2D eigenvalue weighted by atomic mass is 16.2. The van der Waals surface area contributed by atoms with Gasteiger partial charge in [0.2, 0.25) is 5.91 Å². The molecule has 1 atom stereocenters. The van der Waals surface area contributed by atoms with Gasteiger partial charge in [-0.1, -0.05) is 24.1 Å². The van der Waals surface area contributed by atoms with Gasteiger partial charge in [0, 0.05) is 17.1 Å². The van der Waals surface area contributed by atoms with E-state index in [1.165, 1.54) is 0 Å². The summed E-state index contributed by atoms with van der Waals surface area (Å²) in [5, 5.41) is 3.81. The first-order chi connectivity index (χ1) is 9.22. The molecule has 98 valence electrons. The van der Waals surface area contributed by atoms with E-state index in [4.69, 9.17) is 5.73 Å². The van der Waals surface area contributed by atoms with E-state index in [0.717, 1.165) is 16.5 Å². The molecule has 4 nitrogen and oxygen atoms in total. The molecule has 2 aromatic rings. The maximum atomic E-state index is 11.8. The van der Waals surface area contributed by atoms with Crippen molar-refractivity contribution in [3.63, 3.8) is 0 Å². The number of amides is 1. The van der Waals surface area contributed by atoms with E-state index in [2.05, 4.69) is 22.1 Å². The minimum Gasteiger partial charge on any atom is -0.361 e. The Morgan fingerprint density at radius 2 is 2.26 bits per heavy atom. The third-order valence-electron chi connectivity index (χ3n) is 2.98. The van der Waals surface area contributed by atoms with Crippen molar-refractivity contribution in [2.45, 2.75) is 19.4 Å². The van der Waals surface area contributed by atoms with Gasteiger partial charge in [0.25, 0.3) is 0 Å². The van der Waals surface area contributed by atoms with Crippen molar-refractivity contribution >= 4 is 16.8 Å². The third-order valence-corrected chi connectivity index (χ3v) is 2.98. The fourth-order valence-electron chi connectivity index (χ4n) is 1.98. The second kappa shape index (κ2) is 6.07. The number of hydrogen-bond donors (Lipinski definition) is 3. The van der Waals surface area contributed by atoms with Crippen molar-refractivity contribution in [1.82, 2.24) is 10.3 Å². The Morgan fingerprint density at radius 1 is 1.47 bits per heavy atom. The van der Waals surface area contributed by atoms with Gasteiger partial charge in [-0.25, -0.2) is 0 Å². The Balaban J connectivity index is 2.03. The molecular weight excluding hydrogens is 238 g/mol. The van der Waals surface area contributed by atoms with Crippen molar-refractivity contribution in [2.75, 3.05) is 6.54 Å². The van der Waals surface area contributed by atoms with E-state index in [9.17, 15) is 4.79 Å². The van der Waals surface area contributed by atoms with E-state index >= 15 is 0 Å². The Kier molecular flexibility index (Phi) is 4.22. The third kappa shape index (κ3) is 3.15. The molecule has 0 aliphatic heterocycles. The van der Waals surface area contributed by atoms with Gasteiger partial charge < -0.3 is 16.0 Å². The molecule has 4 N–H and O–H groups in total. The number of nitrogens with two attached hydrogens (primary N) is 1. The van der Waals surface area contributed by atoms with E-state index in [-0.39, 0.29) is 5.91 Å². The molecule has 0 radical (unpaired) electrons. The number of para-hydroxylation sites is 1. The quantitative estimate of drug-likeness (QED) is 0.718. The number of benzene rings is 1. The molecule has 0 saturated carbocycles. The van der Waals surface area contributed by atoms with Gasteiger partial charge in [0.15, 0.2) is 0 Å². The summed E-state index contributed by atoms with van der Waals surface area (Å²) < 4.78 is 0. The predicted molar refractivity (Wildman–Crippen MR) is 76.4 cm³/mol. The normalized spacial score (nSPS) is 11.7. The molecule has 1 aromatic heterocycles. The zero-order chi connectivity index (χ0) is 13.7. The van der Waals surface area contributed by atoms with Crippen molar-refractivity contribution in [3.8, 4) is 11.8 Å². The molecule has 0 aliphatic carbocycles. The number of carbonyl (C=O) groups is 1. The molecule has 1 aromatic carbocycles. The van der Waals surface area contributed by atoms with Crippen LogP contribution >= 0.6 is 0 Å². The van der Waals surface area contributed by atoms with Crippen molar-refractivity contribution in [2.24, 2.45) is 5.73 Å². The first-order valence-electron chi connectivity index (χ1n) is 6.20. The molecule has 1 amide bonds. The van der Waals surface area contributed by atoms with Gasteiger partial charge in [0.05, 0.1) is 12.6 Å². The molecule has 0 unspecified atom stereocenters. The van der Waals surface area contributed by atoms with Gasteiger partial charge in [-0.3, -0.25) is 4.79 Å². The highest BCUT2D eigenvalue weighted by molar-refractivity contribution is 5.86. The lowest BCUT2D eigenvalue weighted by Crippen LogP contribution is -2.42. The number of aromatic amines is 1. The minimum atomic E-state index is -0.558. The van der Waals surface area contributed by atoms with E-state index < -0.39 is 6.04 Å². The van der Waals surface area contributed by atoms with Gasteiger partial charge >= 0.3 is 0 Å². The Labute approximate surface area is 112 Å². The second-order valence-electron chi connectivity index (χ2n) is 4.31. The van der Waals surface area contributed by atoms with Crippen LogP contribution in [0.2, 0.25) is 0 Å². The van der Waals surface area contributed by atoms with Crippen LogP contribution in [-0.4, -0.2) is 23.5 Å². The van der Waals surface area contributed by atoms with E-state index in [0.29, 0.717) is 13.0 Å².